The fourth-order valence-electron chi connectivity index (χ4n) is 3.14. The van der Waals surface area contributed by atoms with E-state index in [0.29, 0.717) is 0 Å². The van der Waals surface area contributed by atoms with Gasteiger partial charge in [-0.15, -0.1) is 0 Å². The molecule has 0 bridgehead atoms. The average Bonchev–Trinajstić information content (AvgIpc) is 2.62. The molecule has 2 heterocycles. The number of hydrogen-bond donors (Lipinski definition) is 1. The summed E-state index contributed by atoms with van der Waals surface area (Å²) in [6, 6.07) is 10.4. The summed E-state index contributed by atoms with van der Waals surface area (Å²) < 4.78 is 23.8. The third kappa shape index (κ3) is 4.22. The van der Waals surface area contributed by atoms with Gasteiger partial charge in [0.1, 0.15) is 5.82 Å². The fraction of sp³-hybridized carbons (Fsp3) is 0.368. The quantitative estimate of drug-likeness (QED) is 0.889. The van der Waals surface area contributed by atoms with Gasteiger partial charge in [0.15, 0.2) is 9.84 Å². The monoisotopic (exact) mass is 373 g/mol. The lowest BCUT2D eigenvalue weighted by atomic mass is 10.0. The zero-order chi connectivity index (χ0) is 18.7. The SMILES string of the molecule is Cc1ccc(N2CCC(NC(=O)c3ccccc3S(C)(=O)=O)CC2)nc1. The van der Waals surface area contributed by atoms with Crippen molar-refractivity contribution < 1.29 is 13.2 Å². The molecule has 1 aliphatic heterocycles. The van der Waals surface area contributed by atoms with Gasteiger partial charge in [-0.2, -0.15) is 0 Å². The van der Waals surface area contributed by atoms with Crippen LogP contribution in [0.2, 0.25) is 0 Å². The van der Waals surface area contributed by atoms with Crippen LogP contribution in [0.1, 0.15) is 28.8 Å². The number of hydrogen-bond acceptors (Lipinski definition) is 5. The first-order valence-corrected chi connectivity index (χ1v) is 10.5. The van der Waals surface area contributed by atoms with Crippen LogP contribution in [0.5, 0.6) is 0 Å². The Morgan fingerprint density at radius 2 is 1.85 bits per heavy atom. The fourth-order valence-corrected chi connectivity index (χ4v) is 4.03. The molecule has 26 heavy (non-hydrogen) atoms. The number of nitrogens with one attached hydrogen (secondary N) is 1. The molecule has 1 aromatic carbocycles. The zero-order valence-electron chi connectivity index (χ0n) is 15.0. The minimum absolute atomic E-state index is 0.0248. The van der Waals surface area contributed by atoms with Crippen molar-refractivity contribution in [2.75, 3.05) is 24.2 Å². The predicted molar refractivity (Wildman–Crippen MR) is 101 cm³/mol. The van der Waals surface area contributed by atoms with Crippen LogP contribution in [0, 0.1) is 6.92 Å². The average molecular weight is 373 g/mol. The van der Waals surface area contributed by atoms with Crippen LogP contribution in [-0.2, 0) is 9.84 Å². The minimum atomic E-state index is -3.44. The molecule has 138 valence electrons. The van der Waals surface area contributed by atoms with Crippen molar-refractivity contribution in [1.82, 2.24) is 10.3 Å². The van der Waals surface area contributed by atoms with Gasteiger partial charge in [0, 0.05) is 31.6 Å². The van der Waals surface area contributed by atoms with Gasteiger partial charge in [-0.1, -0.05) is 18.2 Å². The minimum Gasteiger partial charge on any atom is -0.356 e. The van der Waals surface area contributed by atoms with Crippen molar-refractivity contribution in [3.63, 3.8) is 0 Å². The molecule has 0 radical (unpaired) electrons. The number of piperidine rings is 1. The highest BCUT2D eigenvalue weighted by Gasteiger charge is 2.24. The Kier molecular flexibility index (Phi) is 5.27. The second-order valence-electron chi connectivity index (χ2n) is 6.70. The zero-order valence-corrected chi connectivity index (χ0v) is 15.8. The Morgan fingerprint density at radius 1 is 1.15 bits per heavy atom. The number of amides is 1. The first-order valence-electron chi connectivity index (χ1n) is 8.62. The molecule has 0 unspecified atom stereocenters. The summed E-state index contributed by atoms with van der Waals surface area (Å²) in [5.74, 6) is 0.612. The number of anilines is 1. The number of carbonyl (C=O) groups is 1. The summed E-state index contributed by atoms with van der Waals surface area (Å²) in [7, 11) is -3.44. The van der Waals surface area contributed by atoms with E-state index in [1.807, 2.05) is 25.3 Å². The normalized spacial score (nSPS) is 15.7. The van der Waals surface area contributed by atoms with Crippen LogP contribution in [0.15, 0.2) is 47.5 Å². The number of sulfone groups is 1. The lowest BCUT2D eigenvalue weighted by molar-refractivity contribution is 0.0927. The van der Waals surface area contributed by atoms with E-state index in [9.17, 15) is 13.2 Å². The van der Waals surface area contributed by atoms with E-state index in [4.69, 9.17) is 0 Å². The van der Waals surface area contributed by atoms with Crippen molar-refractivity contribution in [2.24, 2.45) is 0 Å². The first kappa shape index (κ1) is 18.4. The van der Waals surface area contributed by atoms with E-state index < -0.39 is 9.84 Å². The Balaban J connectivity index is 1.63. The molecule has 2 aromatic rings. The maximum atomic E-state index is 12.6. The van der Waals surface area contributed by atoms with Gasteiger partial charge in [-0.05, 0) is 43.5 Å². The van der Waals surface area contributed by atoms with Gasteiger partial charge in [0.25, 0.3) is 5.91 Å². The number of aromatic nitrogens is 1. The van der Waals surface area contributed by atoms with Crippen LogP contribution >= 0.6 is 0 Å². The molecule has 7 heteroatoms. The highest BCUT2D eigenvalue weighted by atomic mass is 32.2. The third-order valence-corrected chi connectivity index (χ3v) is 5.74. The van der Waals surface area contributed by atoms with Crippen LogP contribution in [0.4, 0.5) is 5.82 Å². The molecule has 6 nitrogen and oxygen atoms in total. The van der Waals surface area contributed by atoms with Gasteiger partial charge in [-0.3, -0.25) is 4.79 Å². The Morgan fingerprint density at radius 3 is 2.46 bits per heavy atom. The Bertz CT molecular complexity index is 887. The summed E-state index contributed by atoms with van der Waals surface area (Å²) in [6.45, 7) is 3.61. The van der Waals surface area contributed by atoms with Crippen molar-refractivity contribution >= 4 is 21.6 Å². The molecule has 1 aromatic heterocycles. The van der Waals surface area contributed by atoms with Crippen LogP contribution in [0.3, 0.4) is 0 Å². The molecule has 1 saturated heterocycles. The van der Waals surface area contributed by atoms with Gasteiger partial charge in [-0.25, -0.2) is 13.4 Å². The number of benzene rings is 1. The Labute approximate surface area is 154 Å². The van der Waals surface area contributed by atoms with Crippen molar-refractivity contribution in [3.05, 3.63) is 53.7 Å². The van der Waals surface area contributed by atoms with Crippen molar-refractivity contribution in [3.8, 4) is 0 Å². The van der Waals surface area contributed by atoms with E-state index in [2.05, 4.69) is 15.2 Å². The van der Waals surface area contributed by atoms with Crippen LogP contribution in [-0.4, -0.2) is 44.7 Å². The highest BCUT2D eigenvalue weighted by Crippen LogP contribution is 2.20. The summed E-state index contributed by atoms with van der Waals surface area (Å²) in [5, 5.41) is 2.98. The molecule has 1 aliphatic rings. The summed E-state index contributed by atoms with van der Waals surface area (Å²) in [6.07, 6.45) is 4.56. The van der Waals surface area contributed by atoms with Crippen molar-refractivity contribution in [2.45, 2.75) is 30.7 Å². The van der Waals surface area contributed by atoms with Gasteiger partial charge in [0.2, 0.25) is 0 Å². The number of carbonyl (C=O) groups excluding carboxylic acids is 1. The summed E-state index contributed by atoms with van der Waals surface area (Å²) >= 11 is 0. The smallest absolute Gasteiger partial charge is 0.252 e. The van der Waals surface area contributed by atoms with Gasteiger partial charge < -0.3 is 10.2 Å². The van der Waals surface area contributed by atoms with E-state index in [1.165, 1.54) is 6.07 Å². The summed E-state index contributed by atoms with van der Waals surface area (Å²) in [5.41, 5.74) is 1.33. The van der Waals surface area contributed by atoms with Gasteiger partial charge >= 0.3 is 0 Å². The van der Waals surface area contributed by atoms with Crippen LogP contribution in [0.25, 0.3) is 0 Å². The molecule has 1 fully saturated rings. The van der Waals surface area contributed by atoms with Gasteiger partial charge in [0.05, 0.1) is 10.5 Å². The second-order valence-corrected chi connectivity index (χ2v) is 8.68. The van der Waals surface area contributed by atoms with E-state index in [0.717, 1.165) is 43.6 Å². The maximum absolute atomic E-state index is 12.6. The standard InChI is InChI=1S/C19H23N3O3S/c1-14-7-8-18(20-13-14)22-11-9-15(10-12-22)21-19(23)16-5-3-4-6-17(16)26(2,24)25/h3-8,13,15H,9-12H2,1-2H3,(H,21,23). The molecule has 1 N–H and O–H groups in total. The summed E-state index contributed by atoms with van der Waals surface area (Å²) in [4.78, 5) is 19.3. The second kappa shape index (κ2) is 7.45. The molecule has 0 aliphatic carbocycles. The van der Waals surface area contributed by atoms with Crippen molar-refractivity contribution in [1.29, 1.82) is 0 Å². The topological polar surface area (TPSA) is 79.4 Å². The Hall–Kier alpha value is -2.41. The number of pyridine rings is 1. The molecule has 3 rings (SSSR count). The highest BCUT2D eigenvalue weighted by molar-refractivity contribution is 7.90. The van der Waals surface area contributed by atoms with E-state index >= 15 is 0 Å². The molecular formula is C19H23N3O3S. The van der Waals surface area contributed by atoms with Crippen LogP contribution < -0.4 is 10.2 Å². The van der Waals surface area contributed by atoms with E-state index in [-0.39, 0.29) is 22.4 Å². The lowest BCUT2D eigenvalue weighted by Crippen LogP contribution is -2.45. The maximum Gasteiger partial charge on any atom is 0.252 e. The largest absolute Gasteiger partial charge is 0.356 e. The molecular weight excluding hydrogens is 350 g/mol. The number of rotatable bonds is 4. The lowest BCUT2D eigenvalue weighted by Gasteiger charge is -2.33. The van der Waals surface area contributed by atoms with E-state index in [1.54, 1.807) is 18.2 Å². The predicted octanol–water partition coefficient (Wildman–Crippen LogP) is 2.19. The first-order chi connectivity index (χ1) is 12.3. The molecule has 0 saturated carbocycles. The number of nitrogens with zero attached hydrogens (tertiary/aromatic N) is 2. The molecule has 1 amide bonds. The molecule has 0 atom stereocenters. The molecule has 0 spiro atoms. The third-order valence-electron chi connectivity index (χ3n) is 4.58. The number of aryl methyl sites for hydroxylation is 1.